The standard InChI is InChI=1S/C13H22N4O2/c1-9-3-4-11(18-9)13-15-12(16-19-13)10(2)17-7-5-14-6-8-17/h9-11,14H,3-8H2,1-2H3. The van der Waals surface area contributed by atoms with Gasteiger partial charge in [-0.05, 0) is 26.7 Å². The zero-order chi connectivity index (χ0) is 13.2. The molecule has 6 nitrogen and oxygen atoms in total. The molecular weight excluding hydrogens is 244 g/mol. The molecule has 19 heavy (non-hydrogen) atoms. The van der Waals surface area contributed by atoms with E-state index in [0.717, 1.165) is 44.8 Å². The van der Waals surface area contributed by atoms with E-state index in [1.807, 2.05) is 0 Å². The molecule has 1 aromatic heterocycles. The molecule has 3 unspecified atom stereocenters. The van der Waals surface area contributed by atoms with Crippen LogP contribution in [0.3, 0.4) is 0 Å². The Balaban J connectivity index is 1.66. The Kier molecular flexibility index (Phi) is 3.81. The van der Waals surface area contributed by atoms with Crippen LogP contribution in [0.15, 0.2) is 4.52 Å². The molecule has 0 radical (unpaired) electrons. The second-order valence-corrected chi connectivity index (χ2v) is 5.47. The molecule has 6 heteroatoms. The summed E-state index contributed by atoms with van der Waals surface area (Å²) in [4.78, 5) is 6.92. The molecular formula is C13H22N4O2. The van der Waals surface area contributed by atoms with Crippen molar-refractivity contribution in [2.45, 2.75) is 44.9 Å². The Morgan fingerprint density at radius 2 is 2.11 bits per heavy atom. The molecule has 2 aliphatic heterocycles. The van der Waals surface area contributed by atoms with Crippen LogP contribution in [0.2, 0.25) is 0 Å². The zero-order valence-electron chi connectivity index (χ0n) is 11.6. The minimum atomic E-state index is -0.00790. The molecule has 0 aliphatic carbocycles. The van der Waals surface area contributed by atoms with Gasteiger partial charge in [-0.2, -0.15) is 4.98 Å². The van der Waals surface area contributed by atoms with Gasteiger partial charge in [-0.1, -0.05) is 5.16 Å². The monoisotopic (exact) mass is 266 g/mol. The van der Waals surface area contributed by atoms with Crippen molar-refractivity contribution >= 4 is 0 Å². The van der Waals surface area contributed by atoms with Crippen molar-refractivity contribution < 1.29 is 9.26 Å². The lowest BCUT2D eigenvalue weighted by molar-refractivity contribution is 0.0355. The maximum absolute atomic E-state index is 5.77. The third kappa shape index (κ3) is 2.80. The third-order valence-corrected chi connectivity index (χ3v) is 4.04. The van der Waals surface area contributed by atoms with E-state index in [1.165, 1.54) is 0 Å². The average Bonchev–Trinajstić information content (AvgIpc) is 3.07. The maximum atomic E-state index is 5.77. The second-order valence-electron chi connectivity index (χ2n) is 5.47. The van der Waals surface area contributed by atoms with Gasteiger partial charge in [-0.15, -0.1) is 0 Å². The van der Waals surface area contributed by atoms with Gasteiger partial charge in [0.2, 0.25) is 0 Å². The first kappa shape index (κ1) is 13.0. The SMILES string of the molecule is CC1CCC(c2nc(C(C)N3CCNCC3)no2)O1. The number of aromatic nitrogens is 2. The lowest BCUT2D eigenvalue weighted by Crippen LogP contribution is -2.44. The van der Waals surface area contributed by atoms with Crippen molar-refractivity contribution in [1.82, 2.24) is 20.4 Å². The normalized spacial score (nSPS) is 30.6. The van der Waals surface area contributed by atoms with E-state index in [2.05, 4.69) is 34.2 Å². The first-order valence-electron chi connectivity index (χ1n) is 7.18. The summed E-state index contributed by atoms with van der Waals surface area (Å²) in [6.07, 6.45) is 2.33. The van der Waals surface area contributed by atoms with E-state index in [0.29, 0.717) is 12.0 Å². The molecule has 1 aromatic rings. The lowest BCUT2D eigenvalue weighted by Gasteiger charge is -2.30. The van der Waals surface area contributed by atoms with Crippen LogP contribution in [0, 0.1) is 0 Å². The fourth-order valence-electron chi connectivity index (χ4n) is 2.76. The summed E-state index contributed by atoms with van der Waals surface area (Å²) in [5.74, 6) is 1.42. The summed E-state index contributed by atoms with van der Waals surface area (Å²) in [5, 5.41) is 7.48. The number of hydrogen-bond donors (Lipinski definition) is 1. The van der Waals surface area contributed by atoms with Crippen LogP contribution in [-0.4, -0.2) is 47.3 Å². The fraction of sp³-hybridized carbons (Fsp3) is 0.846. The second kappa shape index (κ2) is 5.56. The Labute approximate surface area is 113 Å². The third-order valence-electron chi connectivity index (χ3n) is 4.04. The molecule has 0 spiro atoms. The molecule has 0 aromatic carbocycles. The Morgan fingerprint density at radius 1 is 1.32 bits per heavy atom. The van der Waals surface area contributed by atoms with Crippen LogP contribution in [0.25, 0.3) is 0 Å². The van der Waals surface area contributed by atoms with Gasteiger partial charge in [0.1, 0.15) is 6.10 Å². The van der Waals surface area contributed by atoms with Gasteiger partial charge in [-0.3, -0.25) is 4.90 Å². The quantitative estimate of drug-likeness (QED) is 0.889. The van der Waals surface area contributed by atoms with E-state index in [9.17, 15) is 0 Å². The van der Waals surface area contributed by atoms with Crippen molar-refractivity contribution in [3.63, 3.8) is 0 Å². The summed E-state index contributed by atoms with van der Waals surface area (Å²) < 4.78 is 11.1. The van der Waals surface area contributed by atoms with Crippen molar-refractivity contribution in [2.75, 3.05) is 26.2 Å². The fourth-order valence-corrected chi connectivity index (χ4v) is 2.76. The minimum Gasteiger partial charge on any atom is -0.365 e. The van der Waals surface area contributed by atoms with Crippen LogP contribution >= 0.6 is 0 Å². The molecule has 106 valence electrons. The number of nitrogens with zero attached hydrogens (tertiary/aromatic N) is 3. The van der Waals surface area contributed by atoms with Gasteiger partial charge in [0, 0.05) is 26.2 Å². The minimum absolute atomic E-state index is 0.00790. The van der Waals surface area contributed by atoms with Gasteiger partial charge in [0.15, 0.2) is 5.82 Å². The summed E-state index contributed by atoms with van der Waals surface area (Å²) in [6.45, 7) is 8.33. The number of nitrogens with one attached hydrogen (secondary N) is 1. The summed E-state index contributed by atoms with van der Waals surface area (Å²) in [6, 6.07) is 0.207. The van der Waals surface area contributed by atoms with Gasteiger partial charge >= 0.3 is 0 Å². The highest BCUT2D eigenvalue weighted by atomic mass is 16.5. The largest absolute Gasteiger partial charge is 0.365 e. The molecule has 0 saturated carbocycles. The molecule has 3 heterocycles. The first-order chi connectivity index (χ1) is 9.24. The Bertz CT molecular complexity index is 417. The van der Waals surface area contributed by atoms with E-state index in [4.69, 9.17) is 9.26 Å². The number of ether oxygens (including phenoxy) is 1. The molecule has 2 fully saturated rings. The highest BCUT2D eigenvalue weighted by molar-refractivity contribution is 4.97. The van der Waals surface area contributed by atoms with Gasteiger partial charge < -0.3 is 14.6 Å². The topological polar surface area (TPSA) is 63.4 Å². The summed E-state index contributed by atoms with van der Waals surface area (Å²) in [7, 11) is 0. The molecule has 3 rings (SSSR count). The number of piperazine rings is 1. The first-order valence-corrected chi connectivity index (χ1v) is 7.18. The predicted octanol–water partition coefficient (Wildman–Crippen LogP) is 1.28. The molecule has 0 amide bonds. The summed E-state index contributed by atoms with van der Waals surface area (Å²) >= 11 is 0. The van der Waals surface area contributed by atoms with Gasteiger partial charge in [-0.25, -0.2) is 0 Å². The van der Waals surface area contributed by atoms with Crippen LogP contribution in [0.4, 0.5) is 0 Å². The molecule has 0 bridgehead atoms. The predicted molar refractivity (Wildman–Crippen MR) is 69.7 cm³/mol. The smallest absolute Gasteiger partial charge is 0.255 e. The highest BCUT2D eigenvalue weighted by Crippen LogP contribution is 2.32. The zero-order valence-corrected chi connectivity index (χ0v) is 11.6. The molecule has 2 saturated heterocycles. The van der Waals surface area contributed by atoms with Crippen molar-refractivity contribution in [3.8, 4) is 0 Å². The van der Waals surface area contributed by atoms with E-state index < -0.39 is 0 Å². The van der Waals surface area contributed by atoms with Crippen LogP contribution < -0.4 is 5.32 Å². The highest BCUT2D eigenvalue weighted by Gasteiger charge is 2.30. The average molecular weight is 266 g/mol. The summed E-state index contributed by atoms with van der Waals surface area (Å²) in [5.41, 5.74) is 0. The van der Waals surface area contributed by atoms with E-state index >= 15 is 0 Å². The van der Waals surface area contributed by atoms with Crippen LogP contribution in [-0.2, 0) is 4.74 Å². The molecule has 2 aliphatic rings. The van der Waals surface area contributed by atoms with E-state index in [1.54, 1.807) is 0 Å². The van der Waals surface area contributed by atoms with Gasteiger partial charge in [0.25, 0.3) is 5.89 Å². The Hall–Kier alpha value is -0.980. The van der Waals surface area contributed by atoms with Gasteiger partial charge in [0.05, 0.1) is 12.1 Å². The van der Waals surface area contributed by atoms with Crippen molar-refractivity contribution in [3.05, 3.63) is 11.7 Å². The maximum Gasteiger partial charge on any atom is 0.255 e. The van der Waals surface area contributed by atoms with Crippen molar-refractivity contribution in [1.29, 1.82) is 0 Å². The van der Waals surface area contributed by atoms with Crippen molar-refractivity contribution in [2.24, 2.45) is 0 Å². The van der Waals surface area contributed by atoms with Crippen LogP contribution in [0.5, 0.6) is 0 Å². The Morgan fingerprint density at radius 3 is 2.79 bits per heavy atom. The number of hydrogen-bond acceptors (Lipinski definition) is 6. The van der Waals surface area contributed by atoms with Crippen LogP contribution in [0.1, 0.15) is 50.6 Å². The number of rotatable bonds is 3. The van der Waals surface area contributed by atoms with E-state index in [-0.39, 0.29) is 12.1 Å². The molecule has 3 atom stereocenters. The lowest BCUT2D eigenvalue weighted by atomic mass is 10.2. The molecule has 1 N–H and O–H groups in total.